The minimum absolute atomic E-state index is 0.380. The molecule has 16 heteroatoms. The van der Waals surface area contributed by atoms with Crippen molar-refractivity contribution >= 4 is 6.09 Å². The number of carbonyl (C=O) groups excluding carboxylic acids is 1. The van der Waals surface area contributed by atoms with E-state index >= 15 is 0 Å². The van der Waals surface area contributed by atoms with Crippen LogP contribution >= 0.6 is 0 Å². The van der Waals surface area contributed by atoms with Gasteiger partial charge in [-0.3, -0.25) is 0 Å². The number of hydrogen-bond acceptors (Lipinski definition) is 15. The number of aryl methyl sites for hydroxylation is 1. The Labute approximate surface area is 373 Å². The van der Waals surface area contributed by atoms with Crippen LogP contribution in [0.2, 0.25) is 0 Å². The molecule has 0 aliphatic carbocycles. The molecule has 62 heavy (non-hydrogen) atoms. The number of rotatable bonds is 48. The molecule has 0 spiro atoms. The molecule has 0 heterocycles. The van der Waals surface area contributed by atoms with Crippen molar-refractivity contribution in [3.05, 3.63) is 29.8 Å². The normalized spacial score (nSPS) is 11.7. The lowest BCUT2D eigenvalue weighted by Gasteiger charge is -2.19. The van der Waals surface area contributed by atoms with E-state index in [1.807, 2.05) is 20.8 Å². The Morgan fingerprint density at radius 3 is 1.06 bits per heavy atom. The fourth-order valence-corrected chi connectivity index (χ4v) is 5.32. The van der Waals surface area contributed by atoms with Crippen molar-refractivity contribution in [1.29, 1.82) is 0 Å². The topological polar surface area (TPSA) is 158 Å². The standard InChI is InChI=1S/C46H85NO15/c1-5-6-7-8-9-10-11-12-43-13-15-44(16-14-43)61-42-41-60-40-39-59-38-37-58-36-35-57-34-33-56-32-31-55-30-29-54-28-27-53-26-25-52-24-23-51-22-21-50-20-19-49-18-17-47-45(48)62-46(2,3)4/h13-16H,5-12,17-42H2,1-4H3,(H,47,48). The van der Waals surface area contributed by atoms with Gasteiger partial charge in [0, 0.05) is 6.54 Å². The van der Waals surface area contributed by atoms with E-state index in [0.29, 0.717) is 172 Å². The minimum Gasteiger partial charge on any atom is -0.491 e. The Morgan fingerprint density at radius 1 is 0.419 bits per heavy atom. The summed E-state index contributed by atoms with van der Waals surface area (Å²) >= 11 is 0. The Balaban J connectivity index is 1.66. The smallest absolute Gasteiger partial charge is 0.407 e. The third kappa shape index (κ3) is 44.4. The summed E-state index contributed by atoms with van der Waals surface area (Å²) < 4.78 is 77.0. The monoisotopic (exact) mass is 892 g/mol. The van der Waals surface area contributed by atoms with Crippen LogP contribution in [0.15, 0.2) is 24.3 Å². The van der Waals surface area contributed by atoms with Crippen LogP contribution < -0.4 is 10.1 Å². The van der Waals surface area contributed by atoms with Gasteiger partial charge >= 0.3 is 6.09 Å². The molecule has 16 nitrogen and oxygen atoms in total. The van der Waals surface area contributed by atoms with Gasteiger partial charge in [-0.2, -0.15) is 0 Å². The lowest BCUT2D eigenvalue weighted by molar-refractivity contribution is -0.0285. The zero-order chi connectivity index (χ0) is 44.7. The minimum atomic E-state index is -0.515. The maximum atomic E-state index is 11.5. The first-order valence-electron chi connectivity index (χ1n) is 23.0. The highest BCUT2D eigenvalue weighted by atomic mass is 16.6. The number of alkyl carbamates (subject to hydrolysis) is 1. The van der Waals surface area contributed by atoms with Crippen molar-refractivity contribution in [2.24, 2.45) is 0 Å². The van der Waals surface area contributed by atoms with Crippen LogP contribution in [-0.2, 0) is 68.0 Å². The largest absolute Gasteiger partial charge is 0.491 e. The molecule has 0 aromatic heterocycles. The molecule has 0 unspecified atom stereocenters. The van der Waals surface area contributed by atoms with E-state index < -0.39 is 11.7 Å². The van der Waals surface area contributed by atoms with Crippen LogP contribution in [0.25, 0.3) is 0 Å². The number of unbranched alkanes of at least 4 members (excludes halogenated alkanes) is 6. The summed E-state index contributed by atoms with van der Waals surface area (Å²) in [5, 5.41) is 2.63. The molecule has 1 aromatic carbocycles. The van der Waals surface area contributed by atoms with E-state index in [1.165, 1.54) is 50.5 Å². The summed E-state index contributed by atoms with van der Waals surface area (Å²) in [6, 6.07) is 8.44. The van der Waals surface area contributed by atoms with Gasteiger partial charge in [0.15, 0.2) is 0 Å². The predicted molar refractivity (Wildman–Crippen MR) is 238 cm³/mol. The zero-order valence-electron chi connectivity index (χ0n) is 39.0. The fourth-order valence-electron chi connectivity index (χ4n) is 5.32. The summed E-state index contributed by atoms with van der Waals surface area (Å²) in [7, 11) is 0. The highest BCUT2D eigenvalue weighted by Gasteiger charge is 2.15. The van der Waals surface area contributed by atoms with Crippen molar-refractivity contribution in [1.82, 2.24) is 5.32 Å². The fraction of sp³-hybridized carbons (Fsp3) is 0.848. The number of ether oxygens (including phenoxy) is 14. The maximum Gasteiger partial charge on any atom is 0.407 e. The quantitative estimate of drug-likeness (QED) is 0.0750. The van der Waals surface area contributed by atoms with Gasteiger partial charge in [0.1, 0.15) is 18.0 Å². The van der Waals surface area contributed by atoms with Crippen molar-refractivity contribution in [3.63, 3.8) is 0 Å². The summed E-state index contributed by atoms with van der Waals surface area (Å²) in [6.45, 7) is 20.4. The summed E-state index contributed by atoms with van der Waals surface area (Å²) in [6.07, 6.45) is 10.0. The Morgan fingerprint density at radius 2 is 0.726 bits per heavy atom. The second-order valence-electron chi connectivity index (χ2n) is 15.1. The summed E-state index contributed by atoms with van der Waals surface area (Å²) in [5.41, 5.74) is 0.862. The Kier molecular flexibility index (Phi) is 42.3. The van der Waals surface area contributed by atoms with Crippen molar-refractivity contribution in [2.75, 3.05) is 172 Å². The first kappa shape index (κ1) is 57.8. The van der Waals surface area contributed by atoms with E-state index in [0.717, 1.165) is 12.2 Å². The van der Waals surface area contributed by atoms with Gasteiger partial charge in [0.05, 0.1) is 159 Å². The highest BCUT2D eigenvalue weighted by Crippen LogP contribution is 2.15. The highest BCUT2D eigenvalue weighted by molar-refractivity contribution is 5.67. The van der Waals surface area contributed by atoms with Crippen LogP contribution in [0.3, 0.4) is 0 Å². The second kappa shape index (κ2) is 45.4. The van der Waals surface area contributed by atoms with Crippen molar-refractivity contribution in [3.8, 4) is 5.75 Å². The molecular weight excluding hydrogens is 806 g/mol. The predicted octanol–water partition coefficient (Wildman–Crippen LogP) is 6.08. The molecule has 0 atom stereocenters. The number of benzene rings is 1. The first-order chi connectivity index (χ1) is 30.4. The summed E-state index contributed by atoms with van der Waals surface area (Å²) in [5.74, 6) is 0.882. The lowest BCUT2D eigenvalue weighted by atomic mass is 10.0. The molecule has 0 bridgehead atoms. The lowest BCUT2D eigenvalue weighted by Crippen LogP contribution is -2.34. The molecule has 364 valence electrons. The number of nitrogens with one attached hydrogen (secondary N) is 1. The van der Waals surface area contributed by atoms with Crippen LogP contribution in [0, 0.1) is 0 Å². The SMILES string of the molecule is CCCCCCCCCc1ccc(OCCOCCOCCOCCOCCOCCOCCOCCOCCOCCOCCOCCOCCNC(=O)OC(C)(C)C)cc1. The van der Waals surface area contributed by atoms with Crippen LogP contribution in [0.4, 0.5) is 4.79 Å². The maximum absolute atomic E-state index is 11.5. The van der Waals surface area contributed by atoms with Gasteiger partial charge in [-0.05, 0) is 51.3 Å². The molecule has 1 N–H and O–H groups in total. The molecule has 0 aliphatic rings. The van der Waals surface area contributed by atoms with Crippen molar-refractivity contribution < 1.29 is 71.1 Å². The average Bonchev–Trinajstić information content (AvgIpc) is 3.25. The molecule has 0 fully saturated rings. The third-order valence-corrected chi connectivity index (χ3v) is 8.50. The number of carbonyl (C=O) groups is 1. The molecule has 0 aliphatic heterocycles. The molecule has 1 aromatic rings. The van der Waals surface area contributed by atoms with Crippen LogP contribution in [0.1, 0.15) is 78.2 Å². The van der Waals surface area contributed by atoms with E-state index in [-0.39, 0.29) is 0 Å². The van der Waals surface area contributed by atoms with Crippen molar-refractivity contribution in [2.45, 2.75) is 84.7 Å². The molecule has 0 saturated heterocycles. The summed E-state index contributed by atoms with van der Waals surface area (Å²) in [4.78, 5) is 11.5. The van der Waals surface area contributed by atoms with Gasteiger partial charge < -0.3 is 71.6 Å². The van der Waals surface area contributed by atoms with E-state index in [4.69, 9.17) is 66.3 Å². The van der Waals surface area contributed by atoms with Crippen LogP contribution in [-0.4, -0.2) is 183 Å². The van der Waals surface area contributed by atoms with Gasteiger partial charge in [-0.1, -0.05) is 57.6 Å². The van der Waals surface area contributed by atoms with Crippen LogP contribution in [0.5, 0.6) is 5.75 Å². The Bertz CT molecular complexity index is 1060. The molecule has 0 saturated carbocycles. The molecule has 1 rings (SSSR count). The number of hydrogen-bond donors (Lipinski definition) is 1. The van der Waals surface area contributed by atoms with E-state index in [1.54, 1.807) is 0 Å². The zero-order valence-corrected chi connectivity index (χ0v) is 39.0. The molecular formula is C46H85NO15. The van der Waals surface area contributed by atoms with Gasteiger partial charge in [0.2, 0.25) is 0 Å². The Hall–Kier alpha value is -2.19. The van der Waals surface area contributed by atoms with Gasteiger partial charge in [0.25, 0.3) is 0 Å². The average molecular weight is 892 g/mol. The van der Waals surface area contributed by atoms with E-state index in [9.17, 15) is 4.79 Å². The third-order valence-electron chi connectivity index (χ3n) is 8.50. The van der Waals surface area contributed by atoms with Gasteiger partial charge in [-0.25, -0.2) is 4.79 Å². The first-order valence-corrected chi connectivity index (χ1v) is 23.0. The van der Waals surface area contributed by atoms with Gasteiger partial charge in [-0.15, -0.1) is 0 Å². The number of amides is 1. The molecule has 1 amide bonds. The molecule has 0 radical (unpaired) electrons. The second-order valence-corrected chi connectivity index (χ2v) is 15.1. The van der Waals surface area contributed by atoms with E-state index in [2.05, 4.69) is 36.5 Å².